The Labute approximate surface area is 174 Å². The van der Waals surface area contributed by atoms with Gasteiger partial charge in [-0.05, 0) is 57.2 Å². The number of fused-ring (bicyclic) bond motifs is 1. The van der Waals surface area contributed by atoms with Gasteiger partial charge >= 0.3 is 0 Å². The molecule has 2 N–H and O–H groups in total. The van der Waals surface area contributed by atoms with E-state index in [0.717, 1.165) is 0 Å². The van der Waals surface area contributed by atoms with Crippen molar-refractivity contribution in [3.8, 4) is 0 Å². The lowest BCUT2D eigenvalue weighted by atomic mass is 10.1. The first kappa shape index (κ1) is 21.0. The Kier molecular flexibility index (Phi) is 5.79. The molecule has 0 saturated heterocycles. The number of nitrogens with one attached hydrogen (secondary N) is 2. The molecule has 0 aliphatic carbocycles. The van der Waals surface area contributed by atoms with Crippen LogP contribution >= 0.6 is 11.6 Å². The summed E-state index contributed by atoms with van der Waals surface area (Å²) in [5.41, 5.74) is 0.985. The largest absolute Gasteiger partial charge is 0.322 e. The highest BCUT2D eigenvalue weighted by Crippen LogP contribution is 2.20. The monoisotopic (exact) mass is 432 g/mol. The molecule has 0 aliphatic rings. The summed E-state index contributed by atoms with van der Waals surface area (Å²) in [6.45, 7) is 5.27. The number of carbonyl (C=O) groups is 1. The van der Waals surface area contributed by atoms with Crippen LogP contribution in [0, 0.1) is 0 Å². The van der Waals surface area contributed by atoms with Crippen LogP contribution in [-0.4, -0.2) is 29.2 Å². The van der Waals surface area contributed by atoms with Crippen molar-refractivity contribution >= 4 is 44.9 Å². The molecule has 9 heteroatoms. The van der Waals surface area contributed by atoms with Gasteiger partial charge in [0.25, 0.3) is 0 Å². The normalized spacial score (nSPS) is 12.6. The number of anilines is 1. The maximum absolute atomic E-state index is 12.5. The lowest BCUT2D eigenvalue weighted by Gasteiger charge is -2.20. The number of carbonyl (C=O) groups excluding carboxylic acids is 1. The van der Waals surface area contributed by atoms with Crippen LogP contribution in [0.1, 0.15) is 26.5 Å². The molecule has 1 amide bonds. The van der Waals surface area contributed by atoms with Gasteiger partial charge in [0.2, 0.25) is 15.9 Å². The van der Waals surface area contributed by atoms with Gasteiger partial charge in [-0.1, -0.05) is 23.7 Å². The molecule has 0 bridgehead atoms. The first-order valence-electron chi connectivity index (χ1n) is 8.81. The molecule has 29 heavy (non-hydrogen) atoms. The molecule has 0 fully saturated rings. The van der Waals surface area contributed by atoms with Crippen molar-refractivity contribution in [2.75, 3.05) is 5.32 Å². The Morgan fingerprint density at radius 2 is 1.93 bits per heavy atom. The fraction of sp³-hybridized carbons (Fsp3) is 0.200. The molecule has 0 unspecified atom stereocenters. The molecule has 152 valence electrons. The summed E-state index contributed by atoms with van der Waals surface area (Å²) in [7, 11) is -3.70. The lowest BCUT2D eigenvalue weighted by molar-refractivity contribution is -0.111. The van der Waals surface area contributed by atoms with Crippen molar-refractivity contribution in [1.82, 2.24) is 14.1 Å². The standard InChI is InChI=1S/C20H21ClN4O3S/c1-20(2,3)24-29(27,28)15-8-6-7-14(13-15)22-18(26)11-10-16-19(21)23-17-9-4-5-12-25(16)17/h4-13,24H,1-3H3,(H,22,26)/b11-10+. The van der Waals surface area contributed by atoms with Crippen molar-refractivity contribution in [1.29, 1.82) is 0 Å². The summed E-state index contributed by atoms with van der Waals surface area (Å²) < 4.78 is 29.3. The average Bonchev–Trinajstić information content (AvgIpc) is 2.93. The predicted molar refractivity (Wildman–Crippen MR) is 114 cm³/mol. The number of sulfonamides is 1. The number of nitrogens with zero attached hydrogens (tertiary/aromatic N) is 2. The van der Waals surface area contributed by atoms with Crippen LogP contribution in [0.25, 0.3) is 11.7 Å². The lowest BCUT2D eigenvalue weighted by Crippen LogP contribution is -2.40. The van der Waals surface area contributed by atoms with Crippen LogP contribution in [0.2, 0.25) is 5.15 Å². The van der Waals surface area contributed by atoms with Crippen LogP contribution in [0.4, 0.5) is 5.69 Å². The van der Waals surface area contributed by atoms with E-state index in [1.807, 2.05) is 12.1 Å². The number of hydrogen-bond donors (Lipinski definition) is 2. The Morgan fingerprint density at radius 3 is 2.66 bits per heavy atom. The van der Waals surface area contributed by atoms with Crippen molar-refractivity contribution in [2.45, 2.75) is 31.2 Å². The fourth-order valence-corrected chi connectivity index (χ4v) is 4.38. The summed E-state index contributed by atoms with van der Waals surface area (Å²) in [5, 5.41) is 2.94. The smallest absolute Gasteiger partial charge is 0.248 e. The van der Waals surface area contributed by atoms with E-state index in [-0.39, 0.29) is 10.0 Å². The first-order chi connectivity index (χ1) is 13.5. The van der Waals surface area contributed by atoms with Crippen molar-refractivity contribution in [3.05, 3.63) is 65.6 Å². The first-order valence-corrected chi connectivity index (χ1v) is 10.7. The van der Waals surface area contributed by atoms with Gasteiger partial charge in [0, 0.05) is 23.5 Å². The molecule has 0 radical (unpaired) electrons. The van der Waals surface area contributed by atoms with Crippen molar-refractivity contribution in [2.24, 2.45) is 0 Å². The maximum Gasteiger partial charge on any atom is 0.248 e. The Morgan fingerprint density at radius 1 is 1.17 bits per heavy atom. The zero-order valence-electron chi connectivity index (χ0n) is 16.2. The van der Waals surface area contributed by atoms with Gasteiger partial charge < -0.3 is 5.32 Å². The van der Waals surface area contributed by atoms with Crippen LogP contribution in [0.3, 0.4) is 0 Å². The number of imidazole rings is 1. The molecular formula is C20H21ClN4O3S. The minimum atomic E-state index is -3.70. The highest BCUT2D eigenvalue weighted by atomic mass is 35.5. The number of amides is 1. The van der Waals surface area contributed by atoms with Gasteiger partial charge in [-0.25, -0.2) is 18.1 Å². The maximum atomic E-state index is 12.5. The highest BCUT2D eigenvalue weighted by molar-refractivity contribution is 7.89. The quantitative estimate of drug-likeness (QED) is 0.601. The number of benzene rings is 1. The number of halogens is 1. The molecule has 1 aromatic carbocycles. The minimum Gasteiger partial charge on any atom is -0.322 e. The molecular weight excluding hydrogens is 412 g/mol. The van der Waals surface area contributed by atoms with E-state index in [4.69, 9.17) is 11.6 Å². The zero-order valence-corrected chi connectivity index (χ0v) is 17.8. The van der Waals surface area contributed by atoms with E-state index < -0.39 is 21.5 Å². The molecule has 0 saturated carbocycles. The van der Waals surface area contributed by atoms with E-state index in [1.54, 1.807) is 55.6 Å². The van der Waals surface area contributed by atoms with Crippen molar-refractivity contribution in [3.63, 3.8) is 0 Å². The number of aromatic nitrogens is 2. The molecule has 3 rings (SSSR count). The third kappa shape index (κ3) is 5.23. The van der Waals surface area contributed by atoms with Crippen LogP contribution in [0.5, 0.6) is 0 Å². The molecule has 2 heterocycles. The molecule has 2 aromatic heterocycles. The SMILES string of the molecule is CC(C)(C)NS(=O)(=O)c1cccc(NC(=O)/C=C/c2c(Cl)nc3ccccn23)c1. The number of pyridine rings is 1. The molecule has 0 spiro atoms. The van der Waals surface area contributed by atoms with Gasteiger partial charge in [-0.15, -0.1) is 0 Å². The second kappa shape index (κ2) is 7.98. The zero-order chi connectivity index (χ0) is 21.2. The predicted octanol–water partition coefficient (Wildman–Crippen LogP) is 3.72. The highest BCUT2D eigenvalue weighted by Gasteiger charge is 2.22. The van der Waals surface area contributed by atoms with E-state index in [1.165, 1.54) is 18.2 Å². The van der Waals surface area contributed by atoms with Gasteiger partial charge in [0.05, 0.1) is 10.6 Å². The summed E-state index contributed by atoms with van der Waals surface area (Å²) in [6.07, 6.45) is 4.67. The van der Waals surface area contributed by atoms with E-state index in [0.29, 0.717) is 17.0 Å². The van der Waals surface area contributed by atoms with Gasteiger partial charge in [-0.2, -0.15) is 0 Å². The van der Waals surface area contributed by atoms with Gasteiger partial charge in [-0.3, -0.25) is 9.20 Å². The molecule has 0 aliphatic heterocycles. The van der Waals surface area contributed by atoms with Gasteiger partial charge in [0.15, 0.2) is 5.15 Å². The molecule has 0 atom stereocenters. The number of hydrogen-bond acceptors (Lipinski definition) is 4. The topological polar surface area (TPSA) is 92.6 Å². The van der Waals surface area contributed by atoms with Crippen LogP contribution < -0.4 is 10.0 Å². The van der Waals surface area contributed by atoms with E-state index in [9.17, 15) is 13.2 Å². The number of rotatable bonds is 5. The third-order valence-electron chi connectivity index (χ3n) is 3.77. The van der Waals surface area contributed by atoms with Crippen LogP contribution in [0.15, 0.2) is 59.6 Å². The van der Waals surface area contributed by atoms with Crippen molar-refractivity contribution < 1.29 is 13.2 Å². The molecule has 7 nitrogen and oxygen atoms in total. The van der Waals surface area contributed by atoms with Gasteiger partial charge in [0.1, 0.15) is 5.65 Å². The van der Waals surface area contributed by atoms with Crippen LogP contribution in [-0.2, 0) is 14.8 Å². The molecule has 3 aromatic rings. The Bertz CT molecular complexity index is 1190. The Balaban J connectivity index is 1.78. The fourth-order valence-electron chi connectivity index (χ4n) is 2.68. The summed E-state index contributed by atoms with van der Waals surface area (Å²) in [5.74, 6) is -0.426. The average molecular weight is 433 g/mol. The van der Waals surface area contributed by atoms with E-state index >= 15 is 0 Å². The summed E-state index contributed by atoms with van der Waals surface area (Å²) >= 11 is 6.15. The second-order valence-electron chi connectivity index (χ2n) is 7.42. The van der Waals surface area contributed by atoms with E-state index in [2.05, 4.69) is 15.0 Å². The third-order valence-corrected chi connectivity index (χ3v) is 5.80. The summed E-state index contributed by atoms with van der Waals surface area (Å²) in [6, 6.07) is 11.5. The second-order valence-corrected chi connectivity index (χ2v) is 9.46. The minimum absolute atomic E-state index is 0.0685. The summed E-state index contributed by atoms with van der Waals surface area (Å²) in [4.78, 5) is 16.6. The Hall–Kier alpha value is -2.68.